The maximum Gasteiger partial charge on any atom is 2.00 e. The van der Waals surface area contributed by atoms with Crippen LogP contribution in [0.25, 0.3) is 16.7 Å². The van der Waals surface area contributed by atoms with Crippen molar-refractivity contribution in [3.8, 4) is 22.6 Å². The summed E-state index contributed by atoms with van der Waals surface area (Å²) in [6.45, 7) is 11.9. The maximum absolute atomic E-state index is 5.65. The molecular formula is C27H28O4Os. The van der Waals surface area contributed by atoms with E-state index in [1.165, 1.54) is 0 Å². The number of ether oxygens (including phenoxy) is 2. The minimum Gasteiger partial charge on any atom is -0.458 e. The molecule has 0 bridgehead atoms. The van der Waals surface area contributed by atoms with Crippen molar-refractivity contribution in [2.75, 3.05) is 13.4 Å². The summed E-state index contributed by atoms with van der Waals surface area (Å²) in [5.74, 6) is 1.55. The molecule has 0 amide bonds. The minimum atomic E-state index is 0. The van der Waals surface area contributed by atoms with Crippen LogP contribution in [0, 0.1) is 13.2 Å². The molecule has 0 heterocycles. The molecule has 0 saturated carbocycles. The zero-order valence-corrected chi connectivity index (χ0v) is 21.0. The SMILES string of the molecule is C=C(C)COO[CH2-].C=C(C)c1cccc(OCOc2ccc(-c3cc[c-]cc3)cc2)c1.[Os+2]. The van der Waals surface area contributed by atoms with Gasteiger partial charge >= 0.3 is 19.8 Å². The first kappa shape index (κ1) is 27.3. The summed E-state index contributed by atoms with van der Waals surface area (Å²) in [5.41, 5.74) is 5.30. The minimum absolute atomic E-state index is 0. The smallest absolute Gasteiger partial charge is 0.458 e. The van der Waals surface area contributed by atoms with Crippen LogP contribution >= 0.6 is 0 Å². The summed E-state index contributed by atoms with van der Waals surface area (Å²) in [6, 6.07) is 26.7. The van der Waals surface area contributed by atoms with E-state index < -0.39 is 0 Å². The van der Waals surface area contributed by atoms with Gasteiger partial charge in [0.1, 0.15) is 11.5 Å². The Hall–Kier alpha value is -2.70. The van der Waals surface area contributed by atoms with Crippen LogP contribution in [0.1, 0.15) is 19.4 Å². The van der Waals surface area contributed by atoms with E-state index in [0.29, 0.717) is 6.61 Å². The van der Waals surface area contributed by atoms with Gasteiger partial charge in [0.25, 0.3) is 0 Å². The van der Waals surface area contributed by atoms with E-state index in [1.54, 1.807) is 0 Å². The van der Waals surface area contributed by atoms with E-state index in [0.717, 1.165) is 39.3 Å². The van der Waals surface area contributed by atoms with Crippen LogP contribution in [-0.4, -0.2) is 13.4 Å². The van der Waals surface area contributed by atoms with E-state index >= 15 is 0 Å². The van der Waals surface area contributed by atoms with Crippen molar-refractivity contribution in [2.24, 2.45) is 0 Å². The zero-order valence-electron chi connectivity index (χ0n) is 18.5. The Morgan fingerprint density at radius 2 is 1.50 bits per heavy atom. The van der Waals surface area contributed by atoms with Crippen molar-refractivity contribution in [1.82, 2.24) is 0 Å². The fraction of sp³-hybridized carbons (Fsp3) is 0.148. The quantitative estimate of drug-likeness (QED) is 0.0873. The van der Waals surface area contributed by atoms with Crippen molar-refractivity contribution in [1.29, 1.82) is 0 Å². The van der Waals surface area contributed by atoms with Gasteiger partial charge in [0.15, 0.2) is 0 Å². The molecule has 4 nitrogen and oxygen atoms in total. The van der Waals surface area contributed by atoms with Crippen molar-refractivity contribution < 1.29 is 39.0 Å². The van der Waals surface area contributed by atoms with Crippen LogP contribution in [0.3, 0.4) is 0 Å². The Morgan fingerprint density at radius 1 is 0.875 bits per heavy atom. The molecule has 0 aliphatic rings. The normalized spacial score (nSPS) is 9.59. The van der Waals surface area contributed by atoms with Crippen LogP contribution in [0.15, 0.2) is 91.5 Å². The Morgan fingerprint density at radius 3 is 2.06 bits per heavy atom. The first-order valence-electron chi connectivity index (χ1n) is 9.75. The molecule has 0 saturated heterocycles. The van der Waals surface area contributed by atoms with Gasteiger partial charge in [0.2, 0.25) is 6.79 Å². The topological polar surface area (TPSA) is 36.9 Å². The molecule has 0 aliphatic heterocycles. The van der Waals surface area contributed by atoms with Gasteiger partial charge < -0.3 is 14.4 Å². The molecule has 0 N–H and O–H groups in total. The van der Waals surface area contributed by atoms with Crippen LogP contribution in [0.5, 0.6) is 11.5 Å². The summed E-state index contributed by atoms with van der Waals surface area (Å²) in [7, 11) is 2.99. The van der Waals surface area contributed by atoms with Gasteiger partial charge in [0, 0.05) is 0 Å². The van der Waals surface area contributed by atoms with E-state index in [1.807, 2.05) is 86.6 Å². The van der Waals surface area contributed by atoms with Gasteiger partial charge in [-0.25, -0.2) is 0 Å². The van der Waals surface area contributed by atoms with Crippen LogP contribution in [-0.2, 0) is 29.6 Å². The molecular weight excluding hydrogens is 579 g/mol. The molecule has 0 fully saturated rings. The van der Waals surface area contributed by atoms with Crippen molar-refractivity contribution in [2.45, 2.75) is 13.8 Å². The summed E-state index contributed by atoms with van der Waals surface area (Å²) < 4.78 is 11.3. The molecule has 32 heavy (non-hydrogen) atoms. The number of hydrogen-bond donors (Lipinski definition) is 0. The van der Waals surface area contributed by atoms with E-state index in [-0.39, 0.29) is 26.6 Å². The van der Waals surface area contributed by atoms with Gasteiger partial charge in [-0.2, -0.15) is 37.4 Å². The summed E-state index contributed by atoms with van der Waals surface area (Å²) >= 11 is 0. The van der Waals surface area contributed by atoms with E-state index in [4.69, 9.17) is 9.47 Å². The third kappa shape index (κ3) is 10.1. The maximum atomic E-state index is 5.65. The average Bonchev–Trinajstić information content (AvgIpc) is 2.79. The number of hydrogen-bond acceptors (Lipinski definition) is 4. The second-order valence-electron chi connectivity index (χ2n) is 6.86. The number of benzene rings is 3. The molecule has 0 unspecified atom stereocenters. The summed E-state index contributed by atoms with van der Waals surface area (Å²) in [4.78, 5) is 8.43. The summed E-state index contributed by atoms with van der Waals surface area (Å²) in [5, 5.41) is 0. The van der Waals surface area contributed by atoms with E-state index in [9.17, 15) is 0 Å². The Labute approximate surface area is 204 Å². The predicted molar refractivity (Wildman–Crippen MR) is 125 cm³/mol. The molecule has 0 aromatic heterocycles. The molecule has 168 valence electrons. The molecule has 0 spiro atoms. The largest absolute Gasteiger partial charge is 2.00 e. The van der Waals surface area contributed by atoms with Crippen LogP contribution < -0.4 is 9.47 Å². The molecule has 0 atom stereocenters. The standard InChI is InChI=1S/C22H19O2.C5H9O2.Os/c1-17(2)20-9-6-10-22(15-20)24-16-23-21-13-11-19(12-14-21)18-7-4-3-5-8-18;1-5(2)4-7-6-3;/h4-15H,1,16H2,2H3;1,3-4H2,2H3;/q2*-1;+2. The van der Waals surface area contributed by atoms with Gasteiger partial charge in [-0.1, -0.05) is 48.6 Å². The molecule has 3 aromatic rings. The molecule has 3 rings (SSSR count). The average molecular weight is 607 g/mol. The van der Waals surface area contributed by atoms with Gasteiger partial charge in [-0.3, -0.25) is 4.89 Å². The molecule has 3 aromatic carbocycles. The second kappa shape index (κ2) is 15.2. The second-order valence-corrected chi connectivity index (χ2v) is 6.86. The number of rotatable bonds is 9. The predicted octanol–water partition coefficient (Wildman–Crippen LogP) is 6.90. The third-order valence-electron chi connectivity index (χ3n) is 4.07. The molecule has 0 aliphatic carbocycles. The zero-order chi connectivity index (χ0) is 22.5. The Balaban J connectivity index is 0.000000558. The first-order valence-corrected chi connectivity index (χ1v) is 9.75. The van der Waals surface area contributed by atoms with Crippen molar-refractivity contribution in [3.05, 3.63) is 110 Å². The fourth-order valence-electron chi connectivity index (χ4n) is 2.48. The summed E-state index contributed by atoms with van der Waals surface area (Å²) in [6.07, 6.45) is 0. The fourth-order valence-corrected chi connectivity index (χ4v) is 2.48. The third-order valence-corrected chi connectivity index (χ3v) is 4.07. The monoisotopic (exact) mass is 608 g/mol. The van der Waals surface area contributed by atoms with Gasteiger partial charge in [0.05, 0.1) is 6.61 Å². The van der Waals surface area contributed by atoms with Crippen LogP contribution in [0.4, 0.5) is 0 Å². The van der Waals surface area contributed by atoms with Gasteiger partial charge in [-0.05, 0) is 49.2 Å². The first-order chi connectivity index (χ1) is 15.0. The Bertz CT molecular complexity index is 953. The molecule has 0 radical (unpaired) electrons. The molecule has 5 heteroatoms. The Kier molecular flexibility index (Phi) is 12.9. The van der Waals surface area contributed by atoms with Gasteiger partial charge in [-0.15, -0.1) is 5.56 Å². The van der Waals surface area contributed by atoms with Crippen molar-refractivity contribution in [3.63, 3.8) is 0 Å². The van der Waals surface area contributed by atoms with Crippen molar-refractivity contribution >= 4 is 5.57 Å². The van der Waals surface area contributed by atoms with E-state index in [2.05, 4.69) is 36.1 Å². The number of allylic oxidation sites excluding steroid dienone is 1. The van der Waals surface area contributed by atoms with Crippen LogP contribution in [0.2, 0.25) is 0 Å².